The van der Waals surface area contributed by atoms with Gasteiger partial charge in [0.05, 0.1) is 12.7 Å². The van der Waals surface area contributed by atoms with Crippen LogP contribution in [0.25, 0.3) is 11.1 Å². The number of benzene rings is 3. The number of halogens is 1. The third-order valence-corrected chi connectivity index (χ3v) is 5.25. The highest BCUT2D eigenvalue weighted by Crippen LogP contribution is 2.32. The minimum absolute atomic E-state index is 0.141. The second-order valence-corrected chi connectivity index (χ2v) is 7.00. The molecular formula is C24H24FNO. The zero-order valence-electron chi connectivity index (χ0n) is 15.3. The summed E-state index contributed by atoms with van der Waals surface area (Å²) in [5, 5.41) is 3.46. The second kappa shape index (κ2) is 8.47. The topological polar surface area (TPSA) is 21.3 Å². The maximum atomic E-state index is 13.4. The molecule has 0 unspecified atom stereocenters. The zero-order valence-corrected chi connectivity index (χ0v) is 15.3. The quantitative estimate of drug-likeness (QED) is 0.704. The molecule has 1 N–H and O–H groups in total. The second-order valence-electron chi connectivity index (χ2n) is 7.00. The average Bonchev–Trinajstić information content (AvgIpc) is 2.74. The fourth-order valence-corrected chi connectivity index (χ4v) is 3.85. The Morgan fingerprint density at radius 2 is 1.67 bits per heavy atom. The van der Waals surface area contributed by atoms with Crippen LogP contribution in [0.1, 0.15) is 17.0 Å². The summed E-state index contributed by atoms with van der Waals surface area (Å²) in [5.41, 5.74) is 4.75. The first kappa shape index (κ1) is 17.9. The van der Waals surface area contributed by atoms with Crippen molar-refractivity contribution in [2.24, 2.45) is 0 Å². The fourth-order valence-electron chi connectivity index (χ4n) is 3.85. The summed E-state index contributed by atoms with van der Waals surface area (Å²) in [7, 11) is 0. The molecule has 1 aliphatic heterocycles. The van der Waals surface area contributed by atoms with Crippen LogP contribution in [0.4, 0.5) is 4.39 Å². The molecule has 3 aromatic rings. The first-order chi connectivity index (χ1) is 13.3. The monoisotopic (exact) mass is 361 g/mol. The number of rotatable bonds is 5. The maximum Gasteiger partial charge on any atom is 0.123 e. The molecular weight excluding hydrogens is 337 g/mol. The molecule has 0 saturated carbocycles. The van der Waals surface area contributed by atoms with E-state index in [1.54, 1.807) is 0 Å². The average molecular weight is 361 g/mol. The minimum Gasteiger partial charge on any atom is -0.375 e. The van der Waals surface area contributed by atoms with Gasteiger partial charge in [0.25, 0.3) is 0 Å². The molecule has 0 radical (unpaired) electrons. The molecule has 1 aliphatic rings. The maximum absolute atomic E-state index is 13.4. The Morgan fingerprint density at radius 3 is 2.41 bits per heavy atom. The van der Waals surface area contributed by atoms with Gasteiger partial charge >= 0.3 is 0 Å². The van der Waals surface area contributed by atoms with Crippen molar-refractivity contribution in [3.63, 3.8) is 0 Å². The molecule has 2 nitrogen and oxygen atoms in total. The van der Waals surface area contributed by atoms with E-state index in [1.807, 2.05) is 24.3 Å². The van der Waals surface area contributed by atoms with Gasteiger partial charge in [-0.2, -0.15) is 0 Å². The van der Waals surface area contributed by atoms with Crippen molar-refractivity contribution in [3.05, 3.63) is 95.8 Å². The van der Waals surface area contributed by atoms with Crippen LogP contribution < -0.4 is 5.32 Å². The van der Waals surface area contributed by atoms with E-state index in [2.05, 4.69) is 47.8 Å². The standard InChI is InChI=1S/C24H24FNO/c25-21-12-10-19(11-13-21)22-9-5-4-8-20(22)16-23(18-6-2-1-3-7-18)24-17-26-14-15-27-24/h1-13,23-24,26H,14-17H2/t23-,24-/m1/s1. The summed E-state index contributed by atoms with van der Waals surface area (Å²) in [4.78, 5) is 0. The molecule has 0 aromatic heterocycles. The lowest BCUT2D eigenvalue weighted by Crippen LogP contribution is -2.42. The van der Waals surface area contributed by atoms with E-state index < -0.39 is 0 Å². The van der Waals surface area contributed by atoms with E-state index in [-0.39, 0.29) is 17.8 Å². The molecule has 0 aliphatic carbocycles. The van der Waals surface area contributed by atoms with E-state index in [0.717, 1.165) is 37.2 Å². The summed E-state index contributed by atoms with van der Waals surface area (Å²) in [6, 6.07) is 25.7. The minimum atomic E-state index is -0.208. The lowest BCUT2D eigenvalue weighted by molar-refractivity contribution is 0.0110. The number of hydrogen-bond acceptors (Lipinski definition) is 2. The lowest BCUT2D eigenvalue weighted by atomic mass is 9.84. The van der Waals surface area contributed by atoms with Gasteiger partial charge in [-0.25, -0.2) is 4.39 Å². The van der Waals surface area contributed by atoms with Crippen molar-refractivity contribution in [1.29, 1.82) is 0 Å². The fraction of sp³-hybridized carbons (Fsp3) is 0.250. The van der Waals surface area contributed by atoms with Crippen LogP contribution >= 0.6 is 0 Å². The largest absolute Gasteiger partial charge is 0.375 e. The van der Waals surface area contributed by atoms with Crippen LogP contribution in [0.2, 0.25) is 0 Å². The Hall–Kier alpha value is -2.49. The SMILES string of the molecule is Fc1ccc(-c2ccccc2C[C@H](c2ccccc2)[C@H]2CNCCO2)cc1. The van der Waals surface area contributed by atoms with Gasteiger partial charge in [0.1, 0.15) is 5.82 Å². The van der Waals surface area contributed by atoms with E-state index in [9.17, 15) is 4.39 Å². The van der Waals surface area contributed by atoms with Crippen LogP contribution in [0.5, 0.6) is 0 Å². The van der Waals surface area contributed by atoms with Crippen LogP contribution in [0.15, 0.2) is 78.9 Å². The summed E-state index contributed by atoms with van der Waals surface area (Å²) in [6.45, 7) is 2.51. The van der Waals surface area contributed by atoms with Crippen molar-refractivity contribution in [1.82, 2.24) is 5.32 Å². The highest BCUT2D eigenvalue weighted by Gasteiger charge is 2.27. The molecule has 0 bridgehead atoms. The Bertz CT molecular complexity index is 857. The van der Waals surface area contributed by atoms with E-state index >= 15 is 0 Å². The molecule has 4 rings (SSSR count). The van der Waals surface area contributed by atoms with Crippen molar-refractivity contribution in [3.8, 4) is 11.1 Å². The third kappa shape index (κ3) is 4.26. The first-order valence-corrected chi connectivity index (χ1v) is 9.52. The molecule has 3 heteroatoms. The molecule has 1 heterocycles. The Balaban J connectivity index is 1.68. The number of nitrogens with one attached hydrogen (secondary N) is 1. The molecule has 3 aromatic carbocycles. The molecule has 0 spiro atoms. The first-order valence-electron chi connectivity index (χ1n) is 9.52. The number of hydrogen-bond donors (Lipinski definition) is 1. The highest BCUT2D eigenvalue weighted by atomic mass is 19.1. The molecule has 0 amide bonds. The van der Waals surface area contributed by atoms with E-state index in [4.69, 9.17) is 4.74 Å². The molecule has 2 atom stereocenters. The van der Waals surface area contributed by atoms with Gasteiger partial charge in [0.2, 0.25) is 0 Å². The summed E-state index contributed by atoms with van der Waals surface area (Å²) in [5.74, 6) is 0.0562. The van der Waals surface area contributed by atoms with Gasteiger partial charge in [0, 0.05) is 19.0 Å². The predicted octanol–water partition coefficient (Wildman–Crippen LogP) is 4.81. The molecule has 1 fully saturated rings. The predicted molar refractivity (Wildman–Crippen MR) is 107 cm³/mol. The van der Waals surface area contributed by atoms with E-state index in [0.29, 0.717) is 0 Å². The van der Waals surface area contributed by atoms with Crippen LogP contribution in [-0.4, -0.2) is 25.8 Å². The Labute approximate surface area is 160 Å². The van der Waals surface area contributed by atoms with Gasteiger partial charge < -0.3 is 10.1 Å². The Morgan fingerprint density at radius 1 is 0.926 bits per heavy atom. The van der Waals surface area contributed by atoms with Crippen molar-refractivity contribution in [2.45, 2.75) is 18.4 Å². The molecule has 1 saturated heterocycles. The third-order valence-electron chi connectivity index (χ3n) is 5.25. The lowest BCUT2D eigenvalue weighted by Gasteiger charge is -2.32. The smallest absolute Gasteiger partial charge is 0.123 e. The molecule has 138 valence electrons. The van der Waals surface area contributed by atoms with Crippen molar-refractivity contribution >= 4 is 0 Å². The van der Waals surface area contributed by atoms with Gasteiger partial charge in [-0.15, -0.1) is 0 Å². The van der Waals surface area contributed by atoms with Gasteiger partial charge in [-0.1, -0.05) is 66.7 Å². The van der Waals surface area contributed by atoms with Gasteiger partial charge in [0.15, 0.2) is 0 Å². The number of ether oxygens (including phenoxy) is 1. The van der Waals surface area contributed by atoms with Crippen LogP contribution in [0.3, 0.4) is 0 Å². The van der Waals surface area contributed by atoms with Crippen molar-refractivity contribution < 1.29 is 9.13 Å². The normalized spacial score (nSPS) is 18.2. The molecule has 27 heavy (non-hydrogen) atoms. The van der Waals surface area contributed by atoms with Gasteiger partial charge in [-0.05, 0) is 40.8 Å². The van der Waals surface area contributed by atoms with Crippen LogP contribution in [0, 0.1) is 5.82 Å². The zero-order chi connectivity index (χ0) is 18.5. The highest BCUT2D eigenvalue weighted by molar-refractivity contribution is 5.67. The Kier molecular flexibility index (Phi) is 5.61. The van der Waals surface area contributed by atoms with Gasteiger partial charge in [-0.3, -0.25) is 0 Å². The summed E-state index contributed by atoms with van der Waals surface area (Å²) < 4.78 is 19.5. The number of morpholine rings is 1. The summed E-state index contributed by atoms with van der Waals surface area (Å²) >= 11 is 0. The van der Waals surface area contributed by atoms with Crippen molar-refractivity contribution in [2.75, 3.05) is 19.7 Å². The summed E-state index contributed by atoms with van der Waals surface area (Å²) in [6.07, 6.45) is 1.02. The van der Waals surface area contributed by atoms with Crippen LogP contribution in [-0.2, 0) is 11.2 Å². The van der Waals surface area contributed by atoms with E-state index in [1.165, 1.54) is 23.3 Å².